The third-order valence-electron chi connectivity index (χ3n) is 8.57. The molecular formula is C31H42F2O. The van der Waals surface area contributed by atoms with Crippen LogP contribution in [0.4, 0.5) is 8.78 Å². The second kappa shape index (κ2) is 12.3. The van der Waals surface area contributed by atoms with Crippen LogP contribution in [0.25, 0.3) is 11.1 Å². The number of methoxy groups -OCH3 is 1. The van der Waals surface area contributed by atoms with Gasteiger partial charge in [0.25, 0.3) is 0 Å². The lowest BCUT2D eigenvalue weighted by Crippen LogP contribution is -2.15. The predicted molar refractivity (Wildman–Crippen MR) is 137 cm³/mol. The largest absolute Gasteiger partial charge is 0.385 e. The molecule has 0 aliphatic heterocycles. The first-order chi connectivity index (χ1) is 16.6. The Balaban J connectivity index is 1.38. The third-order valence-corrected chi connectivity index (χ3v) is 8.57. The van der Waals surface area contributed by atoms with Crippen molar-refractivity contribution in [3.63, 3.8) is 0 Å². The maximum Gasteiger partial charge on any atom is 0.127 e. The zero-order chi connectivity index (χ0) is 23.9. The van der Waals surface area contributed by atoms with E-state index >= 15 is 8.78 Å². The highest BCUT2D eigenvalue weighted by atomic mass is 19.1. The Morgan fingerprint density at radius 3 is 1.59 bits per heavy atom. The highest BCUT2D eigenvalue weighted by Crippen LogP contribution is 2.41. The fourth-order valence-corrected chi connectivity index (χ4v) is 6.52. The minimum atomic E-state index is -0.140. The van der Waals surface area contributed by atoms with Crippen LogP contribution < -0.4 is 0 Å². The van der Waals surface area contributed by atoms with Crippen LogP contribution in [0.15, 0.2) is 36.4 Å². The lowest BCUT2D eigenvalue weighted by Gasteiger charge is -2.29. The van der Waals surface area contributed by atoms with Gasteiger partial charge in [0.2, 0.25) is 0 Å². The minimum Gasteiger partial charge on any atom is -0.385 e. The van der Waals surface area contributed by atoms with Gasteiger partial charge in [-0.2, -0.15) is 0 Å². The molecule has 186 valence electrons. The van der Waals surface area contributed by atoms with Crippen molar-refractivity contribution >= 4 is 0 Å². The average Bonchev–Trinajstić information content (AvgIpc) is 2.85. The molecule has 3 heteroatoms. The Labute approximate surface area is 205 Å². The zero-order valence-corrected chi connectivity index (χ0v) is 21.1. The summed E-state index contributed by atoms with van der Waals surface area (Å²) in [6, 6.07) is 11.1. The second-order valence-electron chi connectivity index (χ2n) is 10.8. The molecule has 0 bridgehead atoms. The van der Waals surface area contributed by atoms with E-state index in [-0.39, 0.29) is 11.6 Å². The molecule has 0 saturated heterocycles. The van der Waals surface area contributed by atoms with E-state index in [2.05, 4.69) is 6.92 Å². The molecule has 0 unspecified atom stereocenters. The summed E-state index contributed by atoms with van der Waals surface area (Å²) in [5.74, 6) is 1.92. The topological polar surface area (TPSA) is 9.23 Å². The number of hydrogen-bond donors (Lipinski definition) is 0. The highest BCUT2D eigenvalue weighted by molar-refractivity contribution is 5.64. The molecule has 2 aromatic carbocycles. The van der Waals surface area contributed by atoms with Gasteiger partial charge in [-0.15, -0.1) is 0 Å². The Bertz CT molecular complexity index is 908. The first-order valence-corrected chi connectivity index (χ1v) is 13.7. The molecule has 2 aromatic rings. The molecule has 1 nitrogen and oxygen atoms in total. The van der Waals surface area contributed by atoms with Crippen molar-refractivity contribution in [2.24, 2.45) is 11.8 Å². The number of ether oxygens (including phenoxy) is 1. The van der Waals surface area contributed by atoms with Crippen LogP contribution in [0.5, 0.6) is 0 Å². The molecule has 2 aliphatic rings. The molecule has 0 spiro atoms. The van der Waals surface area contributed by atoms with Crippen molar-refractivity contribution in [3.8, 4) is 11.1 Å². The lowest BCUT2D eigenvalue weighted by atomic mass is 9.76. The molecule has 2 fully saturated rings. The molecule has 0 amide bonds. The first-order valence-electron chi connectivity index (χ1n) is 13.7. The monoisotopic (exact) mass is 468 g/mol. The van der Waals surface area contributed by atoms with Crippen LogP contribution in [-0.2, 0) is 4.74 Å². The van der Waals surface area contributed by atoms with Gasteiger partial charge in [-0.1, -0.05) is 44.0 Å². The van der Waals surface area contributed by atoms with Crippen LogP contribution in [0, 0.1) is 23.5 Å². The second-order valence-corrected chi connectivity index (χ2v) is 10.8. The van der Waals surface area contributed by atoms with Gasteiger partial charge in [0, 0.05) is 13.7 Å². The van der Waals surface area contributed by atoms with E-state index in [0.29, 0.717) is 11.8 Å². The first kappa shape index (κ1) is 25.4. The van der Waals surface area contributed by atoms with Crippen molar-refractivity contribution in [1.82, 2.24) is 0 Å². The van der Waals surface area contributed by atoms with Crippen LogP contribution in [0.1, 0.15) is 107 Å². The van der Waals surface area contributed by atoms with Crippen molar-refractivity contribution in [1.29, 1.82) is 0 Å². The van der Waals surface area contributed by atoms with E-state index < -0.39 is 0 Å². The zero-order valence-electron chi connectivity index (χ0n) is 21.1. The summed E-state index contributed by atoms with van der Waals surface area (Å²) in [6.45, 7) is 3.08. The Kier molecular flexibility index (Phi) is 9.17. The van der Waals surface area contributed by atoms with Crippen LogP contribution in [0.2, 0.25) is 0 Å². The number of hydrogen-bond acceptors (Lipinski definition) is 1. The molecule has 0 heterocycles. The van der Waals surface area contributed by atoms with Crippen molar-refractivity contribution in [2.45, 2.75) is 95.8 Å². The number of halogens is 2. The Hall–Kier alpha value is -1.74. The molecule has 0 radical (unpaired) electrons. The number of benzene rings is 2. The van der Waals surface area contributed by atoms with Gasteiger partial charge < -0.3 is 4.74 Å². The summed E-state index contributed by atoms with van der Waals surface area (Å²) in [5, 5.41) is 0. The van der Waals surface area contributed by atoms with Gasteiger partial charge in [0.15, 0.2) is 0 Å². The quantitative estimate of drug-likeness (QED) is 0.333. The van der Waals surface area contributed by atoms with Gasteiger partial charge >= 0.3 is 0 Å². The number of rotatable bonds is 9. The average molecular weight is 469 g/mol. The fourth-order valence-electron chi connectivity index (χ4n) is 6.52. The molecule has 34 heavy (non-hydrogen) atoms. The molecule has 0 atom stereocenters. The molecule has 0 N–H and O–H groups in total. The maximum atomic E-state index is 15.1. The Morgan fingerprint density at radius 2 is 1.18 bits per heavy atom. The van der Waals surface area contributed by atoms with Gasteiger partial charge in [0.05, 0.1) is 0 Å². The maximum absolute atomic E-state index is 15.1. The van der Waals surface area contributed by atoms with Gasteiger partial charge in [-0.05, 0) is 122 Å². The Morgan fingerprint density at radius 1 is 0.706 bits per heavy atom. The van der Waals surface area contributed by atoms with E-state index in [0.717, 1.165) is 72.8 Å². The normalized spacial score (nSPS) is 25.4. The van der Waals surface area contributed by atoms with Gasteiger partial charge in [-0.25, -0.2) is 8.78 Å². The summed E-state index contributed by atoms with van der Waals surface area (Å²) in [4.78, 5) is 0. The molecule has 0 aromatic heterocycles. The summed E-state index contributed by atoms with van der Waals surface area (Å²) in [6.07, 6.45) is 13.9. The minimum absolute atomic E-state index is 0.132. The van der Waals surface area contributed by atoms with Gasteiger partial charge in [-0.3, -0.25) is 0 Å². The fraction of sp³-hybridized carbons (Fsp3) is 0.613. The lowest BCUT2D eigenvalue weighted by molar-refractivity contribution is 0.180. The molecule has 2 saturated carbocycles. The standard InChI is InChI=1S/C31H42F2O/c1-3-5-22-7-11-24(12-8-22)28-17-15-26(20-30(28)32)27-16-18-29(31(33)21-27)25-13-9-23(10-14-25)6-4-19-34-2/h15-18,20-25H,3-14,19H2,1-2H3. The third kappa shape index (κ3) is 6.27. The van der Waals surface area contributed by atoms with E-state index in [4.69, 9.17) is 4.74 Å². The van der Waals surface area contributed by atoms with E-state index in [9.17, 15) is 0 Å². The van der Waals surface area contributed by atoms with Gasteiger partial charge in [0.1, 0.15) is 11.6 Å². The van der Waals surface area contributed by atoms with E-state index in [1.165, 1.54) is 44.9 Å². The smallest absolute Gasteiger partial charge is 0.127 e. The van der Waals surface area contributed by atoms with Crippen LogP contribution in [0.3, 0.4) is 0 Å². The summed E-state index contributed by atoms with van der Waals surface area (Å²) in [5.41, 5.74) is 3.22. The molecular weight excluding hydrogens is 426 g/mol. The van der Waals surface area contributed by atoms with E-state index in [1.807, 2.05) is 24.3 Å². The molecule has 2 aliphatic carbocycles. The summed E-state index contributed by atoms with van der Waals surface area (Å²) < 4.78 is 35.4. The van der Waals surface area contributed by atoms with Crippen LogP contribution in [-0.4, -0.2) is 13.7 Å². The van der Waals surface area contributed by atoms with Crippen molar-refractivity contribution in [2.75, 3.05) is 13.7 Å². The van der Waals surface area contributed by atoms with E-state index in [1.54, 1.807) is 19.2 Å². The van der Waals surface area contributed by atoms with Crippen molar-refractivity contribution < 1.29 is 13.5 Å². The summed E-state index contributed by atoms with van der Waals surface area (Å²) in [7, 11) is 1.76. The van der Waals surface area contributed by atoms with Crippen LogP contribution >= 0.6 is 0 Å². The SMILES string of the molecule is CCCC1CCC(c2ccc(-c3ccc(C4CCC(CCCOC)CC4)c(F)c3)cc2F)CC1. The summed E-state index contributed by atoms with van der Waals surface area (Å²) >= 11 is 0. The molecule has 4 rings (SSSR count). The van der Waals surface area contributed by atoms with Crippen molar-refractivity contribution in [3.05, 3.63) is 59.2 Å². The highest BCUT2D eigenvalue weighted by Gasteiger charge is 2.26. The predicted octanol–water partition coefficient (Wildman–Crippen LogP) is 9.41.